The second kappa shape index (κ2) is 49.4. The molecule has 2 bridgehead atoms. The zero-order chi connectivity index (χ0) is 98.4. The summed E-state index contributed by atoms with van der Waals surface area (Å²) in [6.45, 7) is 20.7. The standard InChI is InChI=1S/C101H138FN13O21S/c1-63-18-14-13-15-19-64(2)82(128-9)55-77-26-21-69(7)101(125,136-77)94(120)97(123)115-35-17-16-20-79(115)98(124)135-84(56-83(129-10)65(3)51-68(6)92(119)93(131-12)91(118)67(5)50-63)66(4)52-71-22-28-81(85(53-71)130-11)134-89(117)32-23-72-57-106-99(107-58-72)113-42-40-111(41-43-113)88(116)33-46-132-47-44-110-36-38-112(39-37-110)100-108-60-76(61-109-100)95(121)104-34-49-137(126,127)86-30-27-78(70(8)90(86)102)96(122)114-45-48-133-80-29-24-73(54-75(80)62-114)74-25-31-87(103)105-59-74/h13-15,18-19,24-25,27,29-31,51,54,57-61,63,65-67,69,71,77,79,81-85,92-93,119,125H,16-17,20-23,26,28,32-50,52-53,55-56,62H2,1-12H3,(H2,103,105)(H,104,121)/b15-13+,18-14+,64-19+,68-51+/t63-,65-,66-,67-,69-,71+,77+,79+,81-,82+,83-,84+,85-,92-,93+,101-/m1/s1. The van der Waals surface area contributed by atoms with Gasteiger partial charge in [0.15, 0.2) is 15.6 Å². The first-order valence-electron chi connectivity index (χ1n) is 48.1. The van der Waals surface area contributed by atoms with E-state index >= 15 is 9.18 Å². The van der Waals surface area contributed by atoms with E-state index < -0.39 is 140 Å². The highest BCUT2D eigenvalue weighted by Gasteiger charge is 2.54. The number of hydrogen-bond acceptors (Lipinski definition) is 30. The number of carbonyl (C=O) groups excluding carboxylic acids is 8. The number of aryl methyl sites for hydroxylation is 1. The quantitative estimate of drug-likeness (QED) is 0.0173. The summed E-state index contributed by atoms with van der Waals surface area (Å²) in [7, 11) is 1.88. The molecule has 4 saturated heterocycles. The first-order valence-corrected chi connectivity index (χ1v) is 49.8. The summed E-state index contributed by atoms with van der Waals surface area (Å²) in [5, 5.41) is 26.6. The van der Waals surface area contributed by atoms with E-state index in [1.807, 2.05) is 110 Å². The molecule has 1 aliphatic carbocycles. The van der Waals surface area contributed by atoms with Crippen molar-refractivity contribution in [3.05, 3.63) is 155 Å². The number of piperazine rings is 2. The number of ketones is 2. The fourth-order valence-corrected chi connectivity index (χ4v) is 20.8. The first kappa shape index (κ1) is 105. The van der Waals surface area contributed by atoms with Gasteiger partial charge in [0.1, 0.15) is 59.3 Å². The van der Waals surface area contributed by atoms with Crippen molar-refractivity contribution < 1.29 is 104 Å². The van der Waals surface area contributed by atoms with Gasteiger partial charge in [-0.3, -0.25) is 38.5 Å². The number of methoxy groups -OCH3 is 4. The van der Waals surface area contributed by atoms with Crippen LogP contribution in [-0.2, 0) is 89.5 Å². The van der Waals surface area contributed by atoms with E-state index in [2.05, 4.69) is 35.1 Å². The molecule has 12 rings (SSSR count). The number of halogens is 1. The van der Waals surface area contributed by atoms with Crippen LogP contribution in [-0.4, -0.2) is 303 Å². The molecule has 746 valence electrons. The smallest absolute Gasteiger partial charge is 0.329 e. The zero-order valence-corrected chi connectivity index (χ0v) is 81.9. The molecule has 0 radical (unpaired) electrons. The molecule has 3 aromatic heterocycles. The molecule has 16 atom stereocenters. The summed E-state index contributed by atoms with van der Waals surface area (Å²) in [4.78, 5) is 145. The van der Waals surface area contributed by atoms with Gasteiger partial charge in [-0.2, -0.15) is 0 Å². The predicted molar refractivity (Wildman–Crippen MR) is 510 cm³/mol. The highest BCUT2D eigenvalue weighted by atomic mass is 32.2. The topological polar surface area (TPSA) is 416 Å². The number of rotatable bonds is 26. The summed E-state index contributed by atoms with van der Waals surface area (Å²) in [6, 6.07) is 10.4. The number of aliphatic hydroxyl groups is 2. The number of carbonyl (C=O) groups is 8. The number of nitrogens with two attached hydrogens (primary N) is 1. The lowest BCUT2D eigenvalue weighted by atomic mass is 9.78. The number of nitrogens with zero attached hydrogens (tertiary/aromatic N) is 11. The van der Waals surface area contributed by atoms with Gasteiger partial charge in [0.2, 0.25) is 23.6 Å². The van der Waals surface area contributed by atoms with Crippen LogP contribution in [0.4, 0.5) is 22.1 Å². The summed E-state index contributed by atoms with van der Waals surface area (Å²) < 4.78 is 97.9. The molecule has 5 aromatic rings. The molecule has 5 N–H and O–H groups in total. The van der Waals surface area contributed by atoms with Crippen LogP contribution in [0.2, 0.25) is 0 Å². The van der Waals surface area contributed by atoms with Gasteiger partial charge in [-0.15, -0.1) is 0 Å². The summed E-state index contributed by atoms with van der Waals surface area (Å²) >= 11 is 0. The average Bonchev–Trinajstić information content (AvgIpc) is 1.38. The van der Waals surface area contributed by atoms with Crippen molar-refractivity contribution in [1.82, 2.24) is 49.8 Å². The Morgan fingerprint density at radius 2 is 1.42 bits per heavy atom. The fraction of sp³-hybridized carbons (Fsp3) is 0.594. The number of pyridine rings is 1. The molecule has 7 aliphatic rings. The van der Waals surface area contributed by atoms with Gasteiger partial charge < -0.3 is 88.4 Å². The van der Waals surface area contributed by atoms with Gasteiger partial charge in [-0.05, 0) is 173 Å². The molecule has 9 heterocycles. The summed E-state index contributed by atoms with van der Waals surface area (Å²) in [6.07, 6.45) is 19.4. The van der Waals surface area contributed by atoms with Gasteiger partial charge in [0.25, 0.3) is 23.5 Å². The maximum Gasteiger partial charge on any atom is 0.329 e. The third-order valence-corrected chi connectivity index (χ3v) is 29.7. The maximum atomic E-state index is 16.0. The average molecular weight is 1920 g/mol. The van der Waals surface area contributed by atoms with Crippen LogP contribution >= 0.6 is 0 Å². The van der Waals surface area contributed by atoms with Crippen molar-refractivity contribution in [1.29, 1.82) is 0 Å². The Morgan fingerprint density at radius 3 is 2.11 bits per heavy atom. The minimum atomic E-state index is -4.26. The molecule has 4 amide bonds. The lowest BCUT2D eigenvalue weighted by Gasteiger charge is -2.43. The number of anilines is 3. The number of allylic oxidation sites excluding steroid dienone is 5. The van der Waals surface area contributed by atoms with E-state index in [4.69, 9.17) is 48.4 Å². The van der Waals surface area contributed by atoms with E-state index in [0.29, 0.717) is 165 Å². The largest absolute Gasteiger partial charge is 0.491 e. The van der Waals surface area contributed by atoms with Gasteiger partial charge in [-0.25, -0.2) is 42.5 Å². The van der Waals surface area contributed by atoms with Crippen molar-refractivity contribution in [2.75, 3.05) is 148 Å². The van der Waals surface area contributed by atoms with E-state index in [1.165, 1.54) is 42.3 Å². The fourth-order valence-electron chi connectivity index (χ4n) is 19.5. The Bertz CT molecular complexity index is 5210. The molecular weight excluding hydrogens is 1780 g/mol. The number of hydrogen-bond donors (Lipinski definition) is 4. The third-order valence-electron chi connectivity index (χ3n) is 28.0. The minimum Gasteiger partial charge on any atom is -0.491 e. The van der Waals surface area contributed by atoms with Crippen LogP contribution in [0.1, 0.15) is 176 Å². The Labute approximate surface area is 803 Å². The van der Waals surface area contributed by atoms with Crippen molar-refractivity contribution in [3.63, 3.8) is 0 Å². The van der Waals surface area contributed by atoms with Gasteiger partial charge in [-0.1, -0.05) is 77.1 Å². The monoisotopic (exact) mass is 1920 g/mol. The van der Waals surface area contributed by atoms with E-state index in [-0.39, 0.29) is 111 Å². The SMILES string of the molecule is CO[C@H]1C[C@@H]2CC[C@@H](C)[C@@](O)(O2)C(=O)C(=O)N2CCCC[C@H]2C(=O)O[C@H]([C@H](C)C[C@@H]2CC[C@@H](OC(=O)CCc3cnc(N4CCN(C(=O)CCOCCN5CCN(c6ncc(C(=O)NCCS(=O)(=O)c7ccc(C(=O)N8CCOc9ccc(-c%10ccc(N)nc%10)cc9C8)c(C)c7F)cn6)CC5)CC4)nc3)[C@H](OC)C2)C[C@@H](OC)[C@H](C)/C=C(\C)[C@@H](O)[C@@H](OC)C(=O)[C@H](C)C[C@H](C)/C=C/C=C/C=C/1C. The molecule has 6 aliphatic heterocycles. The Morgan fingerprint density at radius 1 is 0.708 bits per heavy atom. The summed E-state index contributed by atoms with van der Waals surface area (Å²) in [5.41, 5.74) is 10.3. The normalized spacial score (nSPS) is 27.9. The number of piperidine rings is 1. The number of amides is 4. The molecule has 137 heavy (non-hydrogen) atoms. The Balaban J connectivity index is 0.554. The number of ether oxygens (including phenoxy) is 9. The van der Waals surface area contributed by atoms with Gasteiger partial charge >= 0.3 is 11.9 Å². The Kier molecular flexibility index (Phi) is 38.1. The number of fused-ring (bicyclic) bond motifs is 4. The van der Waals surface area contributed by atoms with Crippen LogP contribution in [0.15, 0.2) is 126 Å². The molecule has 34 nitrogen and oxygen atoms in total. The maximum absolute atomic E-state index is 16.0. The van der Waals surface area contributed by atoms with Gasteiger partial charge in [0, 0.05) is 192 Å². The number of nitrogen functional groups attached to an aromatic ring is 1. The van der Waals surface area contributed by atoms with Crippen LogP contribution in [0.3, 0.4) is 0 Å². The van der Waals surface area contributed by atoms with E-state index in [1.54, 1.807) is 59.8 Å². The number of benzene rings is 2. The minimum absolute atomic E-state index is 0.00174. The molecular formula is C101H138FN13O21S. The van der Waals surface area contributed by atoms with Gasteiger partial charge in [0.05, 0.1) is 61.9 Å². The van der Waals surface area contributed by atoms with Crippen molar-refractivity contribution in [2.24, 2.45) is 35.5 Å². The molecule has 0 spiro atoms. The molecule has 1 saturated carbocycles. The van der Waals surface area contributed by atoms with Crippen LogP contribution in [0.25, 0.3) is 11.1 Å². The summed E-state index contributed by atoms with van der Waals surface area (Å²) in [5.74, 6) is -8.71. The molecule has 36 heteroatoms. The zero-order valence-electron chi connectivity index (χ0n) is 81.1. The lowest BCUT2D eigenvalue weighted by molar-refractivity contribution is -0.265. The lowest BCUT2D eigenvalue weighted by Crippen LogP contribution is -2.61. The highest BCUT2D eigenvalue weighted by molar-refractivity contribution is 7.91. The highest BCUT2D eigenvalue weighted by Crippen LogP contribution is 2.41. The number of esters is 2. The van der Waals surface area contributed by atoms with E-state index in [0.717, 1.165) is 33.9 Å². The Hall–Kier alpha value is -10.4. The van der Waals surface area contributed by atoms with Crippen molar-refractivity contribution in [2.45, 2.75) is 224 Å². The molecule has 5 fully saturated rings. The third kappa shape index (κ3) is 27.6. The van der Waals surface area contributed by atoms with Crippen molar-refractivity contribution in [3.8, 4) is 16.9 Å². The first-order chi connectivity index (χ1) is 65.7. The van der Waals surface area contributed by atoms with Crippen LogP contribution in [0.5, 0.6) is 5.75 Å². The molecule has 2 aromatic carbocycles. The van der Waals surface area contributed by atoms with Crippen molar-refractivity contribution >= 4 is 74.7 Å². The van der Waals surface area contributed by atoms with Crippen LogP contribution < -0.4 is 25.6 Å². The number of Topliss-reactive ketones (excluding diaryl/α,β-unsaturated/α-hetero) is 2. The molecule has 0 unspecified atom stereocenters. The van der Waals surface area contributed by atoms with Crippen LogP contribution in [0, 0.1) is 48.2 Å². The second-order valence-electron chi connectivity index (χ2n) is 37.7. The number of cyclic esters (lactones) is 1. The number of nitrogens with one attached hydrogen (secondary N) is 1. The number of aliphatic hydroxyl groups excluding tert-OH is 1. The number of sulfone groups is 1. The predicted octanol–water partition coefficient (Wildman–Crippen LogP) is 9.60. The second-order valence-corrected chi connectivity index (χ2v) is 39.8. The van der Waals surface area contributed by atoms with E-state index in [9.17, 15) is 52.2 Å². The number of aromatic nitrogens is 5.